The molecule has 15 heavy (non-hydrogen) atoms. The second-order valence-corrected chi connectivity index (χ2v) is 3.09. The molecule has 0 unspecified atom stereocenters. The summed E-state index contributed by atoms with van der Waals surface area (Å²) in [5, 5.41) is 4.84. The molecule has 1 N–H and O–H groups in total. The van der Waals surface area contributed by atoms with Crippen LogP contribution in [-0.2, 0) is 4.84 Å². The molecule has 0 aliphatic heterocycles. The molecule has 0 saturated carbocycles. The summed E-state index contributed by atoms with van der Waals surface area (Å²) in [6, 6.07) is 8.17. The highest BCUT2D eigenvalue weighted by Gasteiger charge is 1.97. The van der Waals surface area contributed by atoms with Gasteiger partial charge in [-0.15, -0.1) is 0 Å². The number of oxime groups is 1. The Bertz CT molecular complexity index is 497. The summed E-state index contributed by atoms with van der Waals surface area (Å²) >= 11 is 0. The molecular weight excluding hydrogens is 188 g/mol. The van der Waals surface area contributed by atoms with E-state index in [1.807, 2.05) is 30.5 Å². The Labute approximate surface area is 88.1 Å². The summed E-state index contributed by atoms with van der Waals surface area (Å²) in [5.74, 6) is 0. The van der Waals surface area contributed by atoms with Crippen molar-refractivity contribution in [1.29, 1.82) is 0 Å². The summed E-state index contributed by atoms with van der Waals surface area (Å²) in [6.45, 7) is 0. The van der Waals surface area contributed by atoms with Crippen LogP contribution in [0.3, 0.4) is 0 Å². The van der Waals surface area contributed by atoms with E-state index in [0.717, 1.165) is 11.1 Å². The van der Waals surface area contributed by atoms with E-state index in [9.17, 15) is 0 Å². The third-order valence-corrected chi connectivity index (χ3v) is 2.15. The van der Waals surface area contributed by atoms with E-state index >= 15 is 0 Å². The van der Waals surface area contributed by atoms with Gasteiger partial charge in [0.2, 0.25) is 0 Å². The molecule has 0 aliphatic carbocycles. The Balaban J connectivity index is 2.28. The fourth-order valence-corrected chi connectivity index (χ4v) is 1.47. The highest BCUT2D eigenvalue weighted by Crippen LogP contribution is 2.18. The zero-order chi connectivity index (χ0) is 10.5. The van der Waals surface area contributed by atoms with Gasteiger partial charge in [-0.1, -0.05) is 29.4 Å². The van der Waals surface area contributed by atoms with Gasteiger partial charge in [0.15, 0.2) is 0 Å². The average molecular weight is 200 g/mol. The number of nitrogens with zero attached hydrogens (tertiary/aromatic N) is 1. The molecule has 3 nitrogen and oxygen atoms in total. The number of allylic oxidation sites excluding steroid dienone is 1. The smallest absolute Gasteiger partial charge is 0.106 e. The van der Waals surface area contributed by atoms with Crippen molar-refractivity contribution in [2.24, 2.45) is 5.16 Å². The van der Waals surface area contributed by atoms with Gasteiger partial charge in [-0.2, -0.15) is 0 Å². The van der Waals surface area contributed by atoms with E-state index in [0.29, 0.717) is 0 Å². The van der Waals surface area contributed by atoms with Gasteiger partial charge < -0.3 is 9.82 Å². The summed E-state index contributed by atoms with van der Waals surface area (Å²) in [4.78, 5) is 7.76. The molecule has 0 atom stereocenters. The van der Waals surface area contributed by atoms with Crippen LogP contribution in [0.5, 0.6) is 0 Å². The molecule has 76 valence electrons. The fraction of sp³-hybridized carbons (Fsp3) is 0.0833. The van der Waals surface area contributed by atoms with Gasteiger partial charge >= 0.3 is 0 Å². The van der Waals surface area contributed by atoms with Crippen molar-refractivity contribution in [3.8, 4) is 0 Å². The van der Waals surface area contributed by atoms with Crippen LogP contribution in [0.1, 0.15) is 5.56 Å². The maximum absolute atomic E-state index is 4.56. The number of rotatable bonds is 3. The maximum Gasteiger partial charge on any atom is 0.106 e. The molecule has 0 amide bonds. The van der Waals surface area contributed by atoms with E-state index in [-0.39, 0.29) is 0 Å². The zero-order valence-electron chi connectivity index (χ0n) is 8.47. The minimum atomic E-state index is 1.14. The summed E-state index contributed by atoms with van der Waals surface area (Å²) in [5.41, 5.74) is 2.29. The summed E-state index contributed by atoms with van der Waals surface area (Å²) in [6.07, 6.45) is 7.42. The van der Waals surface area contributed by atoms with Crippen molar-refractivity contribution in [2.45, 2.75) is 0 Å². The van der Waals surface area contributed by atoms with Gasteiger partial charge in [0.05, 0.1) is 6.21 Å². The zero-order valence-corrected chi connectivity index (χ0v) is 8.47. The first-order chi connectivity index (χ1) is 7.42. The molecule has 0 saturated heterocycles. The molecular formula is C12H12N2O. The van der Waals surface area contributed by atoms with E-state index in [2.05, 4.69) is 27.1 Å². The van der Waals surface area contributed by atoms with E-state index in [4.69, 9.17) is 0 Å². The lowest BCUT2D eigenvalue weighted by Gasteiger charge is -1.89. The Morgan fingerprint density at radius 1 is 1.33 bits per heavy atom. The van der Waals surface area contributed by atoms with Crippen LogP contribution < -0.4 is 0 Å². The standard InChI is InChI=1S/C12H12N2O/c1-15-14-8-4-5-10-9-13-12-7-3-2-6-11(10)12/h2-9,13H,1H3/b5-4+,14-8-. The highest BCUT2D eigenvalue weighted by atomic mass is 16.6. The van der Waals surface area contributed by atoms with Gasteiger partial charge in [0, 0.05) is 17.1 Å². The van der Waals surface area contributed by atoms with Crippen LogP contribution in [0.4, 0.5) is 0 Å². The molecule has 1 aromatic heterocycles. The van der Waals surface area contributed by atoms with Gasteiger partial charge in [0.25, 0.3) is 0 Å². The molecule has 2 aromatic rings. The lowest BCUT2D eigenvalue weighted by atomic mass is 10.2. The first kappa shape index (κ1) is 9.52. The van der Waals surface area contributed by atoms with Crippen molar-refractivity contribution >= 4 is 23.2 Å². The van der Waals surface area contributed by atoms with Gasteiger partial charge in [-0.05, 0) is 17.7 Å². The van der Waals surface area contributed by atoms with Crippen molar-refractivity contribution < 1.29 is 4.84 Å². The van der Waals surface area contributed by atoms with Crippen LogP contribution >= 0.6 is 0 Å². The molecule has 0 radical (unpaired) electrons. The number of hydrogen-bond acceptors (Lipinski definition) is 2. The van der Waals surface area contributed by atoms with Crippen LogP contribution in [0.15, 0.2) is 41.7 Å². The average Bonchev–Trinajstić information content (AvgIpc) is 2.68. The second kappa shape index (κ2) is 4.46. The normalized spacial score (nSPS) is 11.8. The van der Waals surface area contributed by atoms with E-state index in [1.54, 1.807) is 6.21 Å². The number of aromatic amines is 1. The minimum Gasteiger partial charge on any atom is -0.399 e. The lowest BCUT2D eigenvalue weighted by Crippen LogP contribution is -1.70. The molecule has 0 bridgehead atoms. The van der Waals surface area contributed by atoms with Gasteiger partial charge in [-0.3, -0.25) is 0 Å². The molecule has 2 rings (SSSR count). The Kier molecular flexibility index (Phi) is 2.83. The fourth-order valence-electron chi connectivity index (χ4n) is 1.47. The Morgan fingerprint density at radius 3 is 3.07 bits per heavy atom. The predicted octanol–water partition coefficient (Wildman–Crippen LogP) is 2.81. The highest BCUT2D eigenvalue weighted by molar-refractivity contribution is 5.91. The SMILES string of the molecule is CO/N=C\C=C\c1c[nH]c2ccccc12. The molecule has 0 fully saturated rings. The first-order valence-corrected chi connectivity index (χ1v) is 4.71. The van der Waals surface area contributed by atoms with Crippen LogP contribution in [0, 0.1) is 0 Å². The number of fused-ring (bicyclic) bond motifs is 1. The lowest BCUT2D eigenvalue weighted by molar-refractivity contribution is 0.215. The summed E-state index contributed by atoms with van der Waals surface area (Å²) in [7, 11) is 1.52. The number of H-pyrrole nitrogens is 1. The van der Waals surface area contributed by atoms with E-state index in [1.165, 1.54) is 12.5 Å². The maximum atomic E-state index is 4.56. The molecule has 1 heterocycles. The third kappa shape index (κ3) is 2.07. The largest absolute Gasteiger partial charge is 0.399 e. The van der Waals surface area contributed by atoms with Crippen molar-refractivity contribution in [1.82, 2.24) is 4.98 Å². The number of para-hydroxylation sites is 1. The van der Waals surface area contributed by atoms with Crippen LogP contribution in [-0.4, -0.2) is 18.3 Å². The van der Waals surface area contributed by atoms with Crippen LogP contribution in [0.25, 0.3) is 17.0 Å². The molecule has 0 spiro atoms. The number of hydrogen-bond donors (Lipinski definition) is 1. The van der Waals surface area contributed by atoms with Crippen molar-refractivity contribution in [3.05, 3.63) is 42.1 Å². The van der Waals surface area contributed by atoms with Crippen molar-refractivity contribution in [2.75, 3.05) is 7.11 Å². The molecule has 3 heteroatoms. The minimum absolute atomic E-state index is 1.14. The number of nitrogens with one attached hydrogen (secondary N) is 1. The number of aromatic nitrogens is 1. The quantitative estimate of drug-likeness (QED) is 0.600. The van der Waals surface area contributed by atoms with Crippen LogP contribution in [0.2, 0.25) is 0 Å². The monoisotopic (exact) mass is 200 g/mol. The second-order valence-electron chi connectivity index (χ2n) is 3.09. The van der Waals surface area contributed by atoms with Crippen molar-refractivity contribution in [3.63, 3.8) is 0 Å². The Hall–Kier alpha value is -2.03. The van der Waals surface area contributed by atoms with Gasteiger partial charge in [0.1, 0.15) is 7.11 Å². The number of benzene rings is 1. The third-order valence-electron chi connectivity index (χ3n) is 2.15. The molecule has 1 aromatic carbocycles. The van der Waals surface area contributed by atoms with Gasteiger partial charge in [-0.25, -0.2) is 0 Å². The Morgan fingerprint density at radius 2 is 2.20 bits per heavy atom. The first-order valence-electron chi connectivity index (χ1n) is 4.71. The predicted molar refractivity (Wildman–Crippen MR) is 62.8 cm³/mol. The summed E-state index contributed by atoms with van der Waals surface area (Å²) < 4.78 is 0. The topological polar surface area (TPSA) is 37.4 Å². The molecule has 0 aliphatic rings. The van der Waals surface area contributed by atoms with E-state index < -0.39 is 0 Å².